The molecule has 5 heteroatoms. The molecule has 3 nitrogen and oxygen atoms in total. The zero-order valence-electron chi connectivity index (χ0n) is 10.1. The summed E-state index contributed by atoms with van der Waals surface area (Å²) in [6.07, 6.45) is 0. The highest BCUT2D eigenvalue weighted by molar-refractivity contribution is 5.73. The molecular weight excluding hydrogens is 240 g/mol. The number of hydrogen-bond donors (Lipinski definition) is 1. The number of carbonyl (C=O) groups excluding carboxylic acids is 1. The van der Waals surface area contributed by atoms with Gasteiger partial charge in [-0.05, 0) is 23.8 Å². The summed E-state index contributed by atoms with van der Waals surface area (Å²) in [6.45, 7) is 1.98. The first kappa shape index (κ1) is 13.0. The van der Waals surface area contributed by atoms with Crippen molar-refractivity contribution in [1.29, 1.82) is 0 Å². The fourth-order valence-electron chi connectivity index (χ4n) is 2.46. The van der Waals surface area contributed by atoms with E-state index < -0.39 is 11.6 Å². The first-order valence-electron chi connectivity index (χ1n) is 5.84. The molecule has 0 bridgehead atoms. The molecule has 0 saturated carbocycles. The van der Waals surface area contributed by atoms with Crippen molar-refractivity contribution in [2.75, 3.05) is 19.7 Å². The summed E-state index contributed by atoms with van der Waals surface area (Å²) in [7, 11) is 0. The number of benzene rings is 1. The minimum absolute atomic E-state index is 0.118. The molecule has 0 unspecified atom stereocenters. The lowest BCUT2D eigenvalue weighted by Gasteiger charge is -2.16. The largest absolute Gasteiger partial charge is 0.396 e. The van der Waals surface area contributed by atoms with Crippen LogP contribution in [0.5, 0.6) is 0 Å². The molecule has 1 amide bonds. The van der Waals surface area contributed by atoms with Gasteiger partial charge in [-0.15, -0.1) is 0 Å². The molecule has 1 heterocycles. The topological polar surface area (TPSA) is 40.5 Å². The van der Waals surface area contributed by atoms with Gasteiger partial charge in [-0.1, -0.05) is 0 Å². The molecule has 1 aliphatic rings. The second kappa shape index (κ2) is 5.02. The van der Waals surface area contributed by atoms with Gasteiger partial charge >= 0.3 is 0 Å². The average Bonchev–Trinajstić information content (AvgIpc) is 2.76. The lowest BCUT2D eigenvalue weighted by molar-refractivity contribution is -0.128. The number of amides is 1. The van der Waals surface area contributed by atoms with Gasteiger partial charge in [-0.25, -0.2) is 8.78 Å². The lowest BCUT2D eigenvalue weighted by atomic mass is 9.89. The molecule has 0 radical (unpaired) electrons. The SMILES string of the molecule is CC(=O)N1C[C@@H](CO)[C@H](c2cc(F)ccc2F)C1. The predicted octanol–water partition coefficient (Wildman–Crippen LogP) is 1.52. The third-order valence-electron chi connectivity index (χ3n) is 3.48. The molecule has 2 atom stereocenters. The second-order valence-electron chi connectivity index (χ2n) is 4.64. The van der Waals surface area contributed by atoms with E-state index in [4.69, 9.17) is 0 Å². The molecule has 1 N–H and O–H groups in total. The molecule has 1 fully saturated rings. The van der Waals surface area contributed by atoms with Crippen molar-refractivity contribution in [2.24, 2.45) is 5.92 Å². The van der Waals surface area contributed by atoms with Crippen molar-refractivity contribution >= 4 is 5.91 Å². The Labute approximate surface area is 104 Å². The van der Waals surface area contributed by atoms with Crippen LogP contribution < -0.4 is 0 Å². The van der Waals surface area contributed by atoms with E-state index >= 15 is 0 Å². The summed E-state index contributed by atoms with van der Waals surface area (Å²) in [5, 5.41) is 9.30. The molecule has 0 aliphatic carbocycles. The highest BCUT2D eigenvalue weighted by Gasteiger charge is 2.36. The van der Waals surface area contributed by atoms with Crippen molar-refractivity contribution in [3.05, 3.63) is 35.4 Å². The maximum Gasteiger partial charge on any atom is 0.219 e. The minimum Gasteiger partial charge on any atom is -0.396 e. The summed E-state index contributed by atoms with van der Waals surface area (Å²) in [5.74, 6) is -1.72. The fraction of sp³-hybridized carbons (Fsp3) is 0.462. The van der Waals surface area contributed by atoms with E-state index in [0.717, 1.165) is 18.2 Å². The molecule has 2 rings (SSSR count). The Kier molecular flexibility index (Phi) is 3.61. The van der Waals surface area contributed by atoms with Crippen LogP contribution in [0.3, 0.4) is 0 Å². The lowest BCUT2D eigenvalue weighted by Crippen LogP contribution is -2.26. The standard InChI is InChI=1S/C13H15F2NO2/c1-8(18)16-5-9(7-17)12(6-16)11-4-10(14)2-3-13(11)15/h2-4,9,12,17H,5-7H2,1H3/t9-,12+/m0/s1. The number of aliphatic hydroxyl groups excluding tert-OH is 1. The molecule has 18 heavy (non-hydrogen) atoms. The van der Waals surface area contributed by atoms with E-state index in [-0.39, 0.29) is 29.9 Å². The van der Waals surface area contributed by atoms with Gasteiger partial charge in [0, 0.05) is 38.5 Å². The van der Waals surface area contributed by atoms with Crippen LogP contribution >= 0.6 is 0 Å². The summed E-state index contributed by atoms with van der Waals surface area (Å²) in [4.78, 5) is 12.9. The normalized spacial score (nSPS) is 23.4. The Morgan fingerprint density at radius 1 is 1.44 bits per heavy atom. The highest BCUT2D eigenvalue weighted by atomic mass is 19.1. The summed E-state index contributed by atoms with van der Waals surface area (Å²) in [5.41, 5.74) is 0.234. The zero-order chi connectivity index (χ0) is 13.3. The zero-order valence-corrected chi connectivity index (χ0v) is 10.1. The van der Waals surface area contributed by atoms with E-state index in [1.807, 2.05) is 0 Å². The number of carbonyl (C=O) groups is 1. The van der Waals surface area contributed by atoms with Crippen LogP contribution in [-0.2, 0) is 4.79 Å². The molecule has 1 saturated heterocycles. The van der Waals surface area contributed by atoms with Crippen molar-refractivity contribution in [2.45, 2.75) is 12.8 Å². The van der Waals surface area contributed by atoms with Crippen LogP contribution in [0.4, 0.5) is 8.78 Å². The van der Waals surface area contributed by atoms with Crippen LogP contribution in [0.25, 0.3) is 0 Å². The van der Waals surface area contributed by atoms with Gasteiger partial charge in [0.05, 0.1) is 0 Å². The molecule has 1 aromatic carbocycles. The van der Waals surface area contributed by atoms with Gasteiger partial charge < -0.3 is 10.0 Å². The quantitative estimate of drug-likeness (QED) is 0.870. The summed E-state index contributed by atoms with van der Waals surface area (Å²) >= 11 is 0. The van der Waals surface area contributed by atoms with E-state index in [2.05, 4.69) is 0 Å². The van der Waals surface area contributed by atoms with Gasteiger partial charge in [0.25, 0.3) is 0 Å². The van der Waals surface area contributed by atoms with Crippen molar-refractivity contribution in [1.82, 2.24) is 4.90 Å². The van der Waals surface area contributed by atoms with Gasteiger partial charge in [0.15, 0.2) is 0 Å². The van der Waals surface area contributed by atoms with Crippen molar-refractivity contribution < 1.29 is 18.7 Å². The smallest absolute Gasteiger partial charge is 0.219 e. The minimum atomic E-state index is -0.510. The first-order chi connectivity index (χ1) is 8.52. The second-order valence-corrected chi connectivity index (χ2v) is 4.64. The molecule has 98 valence electrons. The Hall–Kier alpha value is -1.49. The Morgan fingerprint density at radius 2 is 2.17 bits per heavy atom. The maximum atomic E-state index is 13.7. The van der Waals surface area contributed by atoms with Crippen LogP contribution in [0.2, 0.25) is 0 Å². The van der Waals surface area contributed by atoms with Crippen LogP contribution in [0, 0.1) is 17.6 Å². The molecule has 0 spiro atoms. The van der Waals surface area contributed by atoms with Crippen molar-refractivity contribution in [3.63, 3.8) is 0 Å². The number of hydrogen-bond acceptors (Lipinski definition) is 2. The third kappa shape index (κ3) is 2.36. The maximum absolute atomic E-state index is 13.7. The van der Waals surface area contributed by atoms with Crippen molar-refractivity contribution in [3.8, 4) is 0 Å². The predicted molar refractivity (Wildman–Crippen MR) is 61.9 cm³/mol. The molecular formula is C13H15F2NO2. The van der Waals surface area contributed by atoms with Gasteiger partial charge in [0.2, 0.25) is 5.91 Å². The van der Waals surface area contributed by atoms with E-state index in [1.165, 1.54) is 6.92 Å². The van der Waals surface area contributed by atoms with E-state index in [0.29, 0.717) is 13.1 Å². The number of likely N-dealkylation sites (tertiary alicyclic amines) is 1. The average molecular weight is 255 g/mol. The van der Waals surface area contributed by atoms with Gasteiger partial charge in [-0.3, -0.25) is 4.79 Å². The van der Waals surface area contributed by atoms with Crippen LogP contribution in [0.1, 0.15) is 18.4 Å². The number of nitrogens with zero attached hydrogens (tertiary/aromatic N) is 1. The molecule has 1 aromatic rings. The van der Waals surface area contributed by atoms with Crippen LogP contribution in [-0.4, -0.2) is 35.6 Å². The van der Waals surface area contributed by atoms with Gasteiger partial charge in [-0.2, -0.15) is 0 Å². The fourth-order valence-corrected chi connectivity index (χ4v) is 2.46. The third-order valence-corrected chi connectivity index (χ3v) is 3.48. The monoisotopic (exact) mass is 255 g/mol. The highest BCUT2D eigenvalue weighted by Crippen LogP contribution is 2.34. The molecule has 1 aliphatic heterocycles. The summed E-state index contributed by atoms with van der Waals surface area (Å²) in [6, 6.07) is 3.28. The van der Waals surface area contributed by atoms with Crippen LogP contribution in [0.15, 0.2) is 18.2 Å². The van der Waals surface area contributed by atoms with Gasteiger partial charge in [0.1, 0.15) is 11.6 Å². The Bertz CT molecular complexity index is 464. The number of halogens is 2. The number of aliphatic hydroxyl groups is 1. The van der Waals surface area contributed by atoms with E-state index in [9.17, 15) is 18.7 Å². The Balaban J connectivity index is 2.31. The summed E-state index contributed by atoms with van der Waals surface area (Å²) < 4.78 is 26.9. The molecule has 0 aromatic heterocycles. The number of rotatable bonds is 2. The van der Waals surface area contributed by atoms with E-state index in [1.54, 1.807) is 4.90 Å². The first-order valence-corrected chi connectivity index (χ1v) is 5.84. The Morgan fingerprint density at radius 3 is 2.78 bits per heavy atom.